The molecule has 1 aromatic rings. The summed E-state index contributed by atoms with van der Waals surface area (Å²) in [6.45, 7) is 0. The number of aliphatic carboxylic acids is 1. The van der Waals surface area contributed by atoms with Crippen molar-refractivity contribution in [2.75, 3.05) is 0 Å². The molecule has 1 aliphatic rings. The Hall–Kier alpha value is -2.30. The second-order valence-corrected chi connectivity index (χ2v) is 5.94. The number of carboxylic acids is 1. The number of phenols is 1. The largest absolute Gasteiger partial charge is 0.508 e. The molecule has 0 saturated carbocycles. The van der Waals surface area contributed by atoms with E-state index in [2.05, 4.69) is 5.32 Å². The van der Waals surface area contributed by atoms with Gasteiger partial charge in [0.25, 0.3) is 0 Å². The third-order valence-corrected chi connectivity index (χ3v) is 4.08. The van der Waals surface area contributed by atoms with Crippen LogP contribution >= 0.6 is 0 Å². The fourth-order valence-electron chi connectivity index (χ4n) is 2.72. The summed E-state index contributed by atoms with van der Waals surface area (Å²) in [6.07, 6.45) is 9.06. The minimum absolute atomic E-state index is 0.129. The third-order valence-electron chi connectivity index (χ3n) is 4.08. The first-order chi connectivity index (χ1) is 11.1. The lowest BCUT2D eigenvalue weighted by Crippen LogP contribution is -2.44. The van der Waals surface area contributed by atoms with Crippen molar-refractivity contribution in [3.63, 3.8) is 0 Å². The number of hydrogen-bond donors (Lipinski definition) is 3. The second-order valence-electron chi connectivity index (χ2n) is 5.94. The Morgan fingerprint density at radius 2 is 1.91 bits per heavy atom. The van der Waals surface area contributed by atoms with Gasteiger partial charge in [0.2, 0.25) is 5.91 Å². The van der Waals surface area contributed by atoms with Gasteiger partial charge in [-0.2, -0.15) is 0 Å². The maximum atomic E-state index is 12.4. The number of carboxylic acid groups (broad SMARTS) is 1. The van der Waals surface area contributed by atoms with Crippen LogP contribution in [0.4, 0.5) is 0 Å². The van der Waals surface area contributed by atoms with Crippen molar-refractivity contribution in [1.29, 1.82) is 0 Å². The van der Waals surface area contributed by atoms with Gasteiger partial charge in [-0.25, -0.2) is 4.79 Å². The van der Waals surface area contributed by atoms with E-state index < -0.39 is 12.0 Å². The van der Waals surface area contributed by atoms with Gasteiger partial charge in [0.05, 0.1) is 5.92 Å². The van der Waals surface area contributed by atoms with Crippen molar-refractivity contribution in [3.8, 4) is 5.75 Å². The molecule has 0 heterocycles. The fraction of sp³-hybridized carbons (Fsp3) is 0.444. The Bertz CT molecular complexity index is 565. The van der Waals surface area contributed by atoms with Crippen molar-refractivity contribution in [2.24, 2.45) is 5.92 Å². The molecule has 23 heavy (non-hydrogen) atoms. The van der Waals surface area contributed by atoms with Gasteiger partial charge < -0.3 is 15.5 Å². The van der Waals surface area contributed by atoms with E-state index >= 15 is 0 Å². The van der Waals surface area contributed by atoms with Gasteiger partial charge in [-0.15, -0.1) is 0 Å². The van der Waals surface area contributed by atoms with Crippen LogP contribution in [-0.4, -0.2) is 28.1 Å². The van der Waals surface area contributed by atoms with Crippen LogP contribution in [-0.2, 0) is 16.0 Å². The summed E-state index contributed by atoms with van der Waals surface area (Å²) in [5.74, 6) is -1.41. The molecule has 0 aromatic heterocycles. The van der Waals surface area contributed by atoms with Crippen LogP contribution in [0.25, 0.3) is 0 Å². The summed E-state index contributed by atoms with van der Waals surface area (Å²) < 4.78 is 0. The lowest BCUT2D eigenvalue weighted by molar-refractivity contribution is -0.142. The normalized spacial score (nSPS) is 20.8. The molecule has 5 nitrogen and oxygen atoms in total. The molecular formula is C18H23NO4. The van der Waals surface area contributed by atoms with Gasteiger partial charge in [0, 0.05) is 6.42 Å². The topological polar surface area (TPSA) is 86.6 Å². The van der Waals surface area contributed by atoms with Crippen LogP contribution in [0.2, 0.25) is 0 Å². The molecule has 1 unspecified atom stereocenters. The number of phenolic OH excluding ortho intramolecular Hbond substituents is 1. The summed E-state index contributed by atoms with van der Waals surface area (Å²) in [5, 5.41) is 21.3. The fourth-order valence-corrected chi connectivity index (χ4v) is 2.72. The smallest absolute Gasteiger partial charge is 0.326 e. The maximum Gasteiger partial charge on any atom is 0.326 e. The molecule has 1 aromatic carbocycles. The standard InChI is InChI=1S/C18H23NO4/c20-15-10-8-13(9-11-15)12-16(18(22)23)19-17(21)14-6-4-2-1-3-5-7-14/h4,6,8-11,14,16,20H,1-3,5,7,12H2,(H,19,21)(H,22,23)/b6-4-/t14?,16-/m0/s1. The highest BCUT2D eigenvalue weighted by Crippen LogP contribution is 2.18. The molecule has 1 aliphatic carbocycles. The van der Waals surface area contributed by atoms with E-state index in [4.69, 9.17) is 0 Å². The van der Waals surface area contributed by atoms with Gasteiger partial charge in [-0.05, 0) is 37.0 Å². The van der Waals surface area contributed by atoms with E-state index in [-0.39, 0.29) is 24.0 Å². The molecule has 124 valence electrons. The molecule has 2 rings (SSSR count). The lowest BCUT2D eigenvalue weighted by atomic mass is 9.95. The number of rotatable bonds is 5. The van der Waals surface area contributed by atoms with E-state index in [9.17, 15) is 19.8 Å². The maximum absolute atomic E-state index is 12.4. The first-order valence-corrected chi connectivity index (χ1v) is 8.04. The average molecular weight is 317 g/mol. The van der Waals surface area contributed by atoms with Crippen LogP contribution < -0.4 is 5.32 Å². The van der Waals surface area contributed by atoms with Gasteiger partial charge in [0.15, 0.2) is 0 Å². The quantitative estimate of drug-likeness (QED) is 0.729. The Labute approximate surface area is 136 Å². The number of amides is 1. The summed E-state index contributed by atoms with van der Waals surface area (Å²) in [6, 6.07) is 5.37. The zero-order valence-electron chi connectivity index (χ0n) is 13.1. The molecule has 3 N–H and O–H groups in total. The van der Waals surface area contributed by atoms with Crippen molar-refractivity contribution in [3.05, 3.63) is 42.0 Å². The number of hydrogen-bond acceptors (Lipinski definition) is 3. The highest BCUT2D eigenvalue weighted by Gasteiger charge is 2.24. The predicted molar refractivity (Wildman–Crippen MR) is 87.1 cm³/mol. The predicted octanol–water partition coefficient (Wildman–Crippen LogP) is 2.64. The Morgan fingerprint density at radius 1 is 1.17 bits per heavy atom. The Balaban J connectivity index is 2.00. The highest BCUT2D eigenvalue weighted by atomic mass is 16.4. The van der Waals surface area contributed by atoms with E-state index in [1.807, 2.05) is 12.2 Å². The number of allylic oxidation sites excluding steroid dienone is 1. The minimum Gasteiger partial charge on any atom is -0.508 e. The first kappa shape index (κ1) is 17.1. The summed E-state index contributed by atoms with van der Waals surface area (Å²) in [5.41, 5.74) is 0.753. The highest BCUT2D eigenvalue weighted by molar-refractivity contribution is 5.86. The molecule has 1 amide bonds. The zero-order valence-corrected chi connectivity index (χ0v) is 13.1. The van der Waals surface area contributed by atoms with Gasteiger partial charge in [-0.3, -0.25) is 4.79 Å². The van der Waals surface area contributed by atoms with Crippen molar-refractivity contribution in [1.82, 2.24) is 5.32 Å². The van der Waals surface area contributed by atoms with Crippen LogP contribution in [0.3, 0.4) is 0 Å². The molecule has 2 atom stereocenters. The third kappa shape index (κ3) is 5.43. The van der Waals surface area contributed by atoms with Crippen LogP contribution in [0, 0.1) is 5.92 Å². The van der Waals surface area contributed by atoms with Gasteiger partial charge in [-0.1, -0.05) is 37.1 Å². The van der Waals surface area contributed by atoms with E-state index in [1.165, 1.54) is 12.1 Å². The average Bonchev–Trinajstić information content (AvgIpc) is 2.48. The minimum atomic E-state index is -1.05. The molecule has 0 aliphatic heterocycles. The number of aromatic hydroxyl groups is 1. The molecule has 0 radical (unpaired) electrons. The first-order valence-electron chi connectivity index (χ1n) is 8.04. The number of carbonyl (C=O) groups excluding carboxylic acids is 1. The van der Waals surface area contributed by atoms with Gasteiger partial charge >= 0.3 is 5.97 Å². The summed E-state index contributed by atoms with van der Waals surface area (Å²) in [7, 11) is 0. The summed E-state index contributed by atoms with van der Waals surface area (Å²) in [4.78, 5) is 23.8. The van der Waals surface area contributed by atoms with E-state index in [1.54, 1.807) is 12.1 Å². The number of carbonyl (C=O) groups is 2. The van der Waals surface area contributed by atoms with Crippen LogP contribution in [0.5, 0.6) is 5.75 Å². The zero-order chi connectivity index (χ0) is 16.7. The summed E-state index contributed by atoms with van der Waals surface area (Å²) >= 11 is 0. The molecule has 0 saturated heterocycles. The van der Waals surface area contributed by atoms with Crippen molar-refractivity contribution in [2.45, 2.75) is 44.6 Å². The molecule has 0 fully saturated rings. The SMILES string of the molecule is O=C(N[C@@H](Cc1ccc(O)cc1)C(=O)O)C1/C=C\CCCCC1. The molecule has 0 spiro atoms. The van der Waals surface area contributed by atoms with Gasteiger partial charge in [0.1, 0.15) is 11.8 Å². The lowest BCUT2D eigenvalue weighted by Gasteiger charge is -2.19. The number of benzene rings is 1. The monoisotopic (exact) mass is 317 g/mol. The molecule has 0 bridgehead atoms. The van der Waals surface area contributed by atoms with Crippen LogP contribution in [0.1, 0.15) is 37.7 Å². The van der Waals surface area contributed by atoms with Crippen LogP contribution in [0.15, 0.2) is 36.4 Å². The number of nitrogens with one attached hydrogen (secondary N) is 1. The molecular weight excluding hydrogens is 294 g/mol. The molecule has 5 heteroatoms. The second kappa shape index (κ2) is 8.36. The Kier molecular flexibility index (Phi) is 6.20. The van der Waals surface area contributed by atoms with Crippen molar-refractivity contribution >= 4 is 11.9 Å². The van der Waals surface area contributed by atoms with E-state index in [0.29, 0.717) is 0 Å². The Morgan fingerprint density at radius 3 is 2.61 bits per heavy atom. The van der Waals surface area contributed by atoms with Crippen molar-refractivity contribution < 1.29 is 19.8 Å². The van der Waals surface area contributed by atoms with E-state index in [0.717, 1.165) is 37.7 Å².